The quantitative estimate of drug-likeness (QED) is 0.683. The van der Waals surface area contributed by atoms with Gasteiger partial charge < -0.3 is 14.7 Å². The summed E-state index contributed by atoms with van der Waals surface area (Å²) in [5, 5.41) is 2.83. The number of pyridine rings is 1. The number of aromatic amines is 1. The van der Waals surface area contributed by atoms with Crippen LogP contribution in [-0.4, -0.2) is 15.9 Å². The van der Waals surface area contributed by atoms with Gasteiger partial charge in [-0.2, -0.15) is 0 Å². The zero-order chi connectivity index (χ0) is 16.6. The van der Waals surface area contributed by atoms with Gasteiger partial charge in [-0.25, -0.2) is 4.98 Å². The summed E-state index contributed by atoms with van der Waals surface area (Å²) in [6.45, 7) is 6.12. The first kappa shape index (κ1) is 15.4. The second kappa shape index (κ2) is 5.62. The Balaban J connectivity index is 1.91. The maximum atomic E-state index is 12.3. The van der Waals surface area contributed by atoms with Crippen LogP contribution in [0.5, 0.6) is 0 Å². The molecule has 3 rings (SSSR count). The highest BCUT2D eigenvalue weighted by atomic mass is 32.1. The van der Waals surface area contributed by atoms with Crippen LogP contribution in [0.4, 0.5) is 5.69 Å². The molecule has 0 spiro atoms. The van der Waals surface area contributed by atoms with E-state index in [1.54, 1.807) is 36.5 Å². The van der Waals surface area contributed by atoms with E-state index in [1.165, 1.54) is 0 Å². The minimum atomic E-state index is -0.259. The first-order valence-electron chi connectivity index (χ1n) is 7.25. The molecule has 0 aliphatic rings. The van der Waals surface area contributed by atoms with Gasteiger partial charge in [-0.15, -0.1) is 0 Å². The molecule has 5 nitrogen and oxygen atoms in total. The summed E-state index contributed by atoms with van der Waals surface area (Å²) in [4.78, 5) is 19.6. The molecule has 1 amide bonds. The number of nitrogens with one attached hydrogen (secondary N) is 2. The Morgan fingerprint density at radius 3 is 2.78 bits per heavy atom. The molecule has 0 atom stereocenters. The molecule has 2 aromatic heterocycles. The highest BCUT2D eigenvalue weighted by Gasteiger charge is 2.21. The summed E-state index contributed by atoms with van der Waals surface area (Å²) in [5.41, 5.74) is 2.32. The normalized spacial score (nSPS) is 11.6. The van der Waals surface area contributed by atoms with Crippen molar-refractivity contribution in [2.45, 2.75) is 26.2 Å². The number of hydrogen-bond acceptors (Lipinski definition) is 4. The number of amides is 1. The van der Waals surface area contributed by atoms with Gasteiger partial charge in [0.25, 0.3) is 5.91 Å². The first-order valence-corrected chi connectivity index (χ1v) is 7.65. The number of oxazole rings is 1. The van der Waals surface area contributed by atoms with Crippen molar-refractivity contribution in [3.8, 4) is 0 Å². The maximum absolute atomic E-state index is 12.3. The van der Waals surface area contributed by atoms with Crippen LogP contribution in [-0.2, 0) is 5.41 Å². The molecule has 0 unspecified atom stereocenters. The fraction of sp³-hybridized carbons (Fsp3) is 0.235. The lowest BCUT2D eigenvalue weighted by atomic mass is 9.97. The Labute approximate surface area is 138 Å². The third kappa shape index (κ3) is 3.17. The second-order valence-electron chi connectivity index (χ2n) is 6.32. The third-order valence-electron chi connectivity index (χ3n) is 3.35. The van der Waals surface area contributed by atoms with E-state index in [-0.39, 0.29) is 11.3 Å². The molecule has 0 saturated heterocycles. The number of carbonyl (C=O) groups is 1. The fourth-order valence-electron chi connectivity index (χ4n) is 2.12. The zero-order valence-corrected chi connectivity index (χ0v) is 14.0. The SMILES string of the molecule is CC(C)(C)c1nc2cc(NC(=O)c3ccc[nH]c3=S)ccc2o1. The average molecular weight is 327 g/mol. The molecule has 0 saturated carbocycles. The molecular weight excluding hydrogens is 310 g/mol. The monoisotopic (exact) mass is 327 g/mol. The van der Waals surface area contributed by atoms with Gasteiger partial charge in [0.2, 0.25) is 5.89 Å². The van der Waals surface area contributed by atoms with Crippen LogP contribution < -0.4 is 5.32 Å². The fourth-order valence-corrected chi connectivity index (χ4v) is 2.35. The molecule has 0 bridgehead atoms. The molecular formula is C17H17N3O2S. The molecule has 1 aromatic carbocycles. The Kier molecular flexibility index (Phi) is 3.77. The number of fused-ring (bicyclic) bond motifs is 1. The summed E-state index contributed by atoms with van der Waals surface area (Å²) in [5.74, 6) is 0.409. The van der Waals surface area contributed by atoms with Crippen molar-refractivity contribution < 1.29 is 9.21 Å². The van der Waals surface area contributed by atoms with E-state index in [0.717, 1.165) is 0 Å². The standard InChI is InChI=1S/C17H17N3O2S/c1-17(2,3)16-20-12-9-10(6-7-13(12)22-16)19-14(21)11-5-4-8-18-15(11)23/h4-9H,1-3H3,(H,18,23)(H,19,21). The summed E-state index contributed by atoms with van der Waals surface area (Å²) in [6, 6.07) is 8.80. The zero-order valence-electron chi connectivity index (χ0n) is 13.1. The molecule has 2 heterocycles. The van der Waals surface area contributed by atoms with Gasteiger partial charge in [-0.3, -0.25) is 4.79 Å². The molecule has 0 aliphatic carbocycles. The van der Waals surface area contributed by atoms with E-state index in [1.807, 2.05) is 20.8 Å². The van der Waals surface area contributed by atoms with E-state index in [4.69, 9.17) is 16.6 Å². The molecule has 118 valence electrons. The molecule has 23 heavy (non-hydrogen) atoms. The van der Waals surface area contributed by atoms with E-state index in [9.17, 15) is 4.79 Å². The second-order valence-corrected chi connectivity index (χ2v) is 6.73. The molecule has 0 fully saturated rings. The molecule has 2 N–H and O–H groups in total. The summed E-state index contributed by atoms with van der Waals surface area (Å²) in [6.07, 6.45) is 1.69. The van der Waals surface area contributed by atoms with Crippen molar-refractivity contribution >= 4 is 34.9 Å². The van der Waals surface area contributed by atoms with Crippen molar-refractivity contribution in [1.82, 2.24) is 9.97 Å². The van der Waals surface area contributed by atoms with E-state index in [2.05, 4.69) is 15.3 Å². The number of aromatic nitrogens is 2. The first-order chi connectivity index (χ1) is 10.8. The lowest BCUT2D eigenvalue weighted by Crippen LogP contribution is -2.12. The average Bonchev–Trinajstić information content (AvgIpc) is 2.91. The number of H-pyrrole nitrogens is 1. The van der Waals surface area contributed by atoms with Gasteiger partial charge in [0.05, 0.1) is 5.56 Å². The summed E-state index contributed by atoms with van der Waals surface area (Å²) >= 11 is 5.12. The Hall–Kier alpha value is -2.47. The third-order valence-corrected chi connectivity index (χ3v) is 3.69. The minimum Gasteiger partial charge on any atom is -0.440 e. The van der Waals surface area contributed by atoms with Crippen LogP contribution in [0.15, 0.2) is 40.9 Å². The number of hydrogen-bond donors (Lipinski definition) is 2. The Morgan fingerprint density at radius 1 is 1.30 bits per heavy atom. The van der Waals surface area contributed by atoms with E-state index >= 15 is 0 Å². The predicted octanol–water partition coefficient (Wildman–Crippen LogP) is 4.44. The molecule has 3 aromatic rings. The Morgan fingerprint density at radius 2 is 2.09 bits per heavy atom. The van der Waals surface area contributed by atoms with Crippen molar-refractivity contribution in [3.05, 3.63) is 52.6 Å². The van der Waals surface area contributed by atoms with Gasteiger partial charge in [0, 0.05) is 17.3 Å². The summed E-state index contributed by atoms with van der Waals surface area (Å²) in [7, 11) is 0. The van der Waals surface area contributed by atoms with E-state index in [0.29, 0.717) is 32.9 Å². The van der Waals surface area contributed by atoms with Crippen LogP contribution >= 0.6 is 12.2 Å². The Bertz CT molecular complexity index is 935. The molecule has 0 radical (unpaired) electrons. The highest BCUT2D eigenvalue weighted by molar-refractivity contribution is 7.71. The van der Waals surface area contributed by atoms with Crippen molar-refractivity contribution in [3.63, 3.8) is 0 Å². The molecule has 0 aliphatic heterocycles. The highest BCUT2D eigenvalue weighted by Crippen LogP contribution is 2.27. The van der Waals surface area contributed by atoms with Gasteiger partial charge in [-0.05, 0) is 30.3 Å². The van der Waals surface area contributed by atoms with Crippen molar-refractivity contribution in [1.29, 1.82) is 0 Å². The van der Waals surface area contributed by atoms with Crippen LogP contribution in [0.25, 0.3) is 11.1 Å². The molecule has 6 heteroatoms. The summed E-state index contributed by atoms with van der Waals surface area (Å²) < 4.78 is 6.16. The number of nitrogens with zero attached hydrogens (tertiary/aromatic N) is 1. The van der Waals surface area contributed by atoms with Crippen LogP contribution in [0.3, 0.4) is 0 Å². The lowest BCUT2D eigenvalue weighted by Gasteiger charge is -2.11. The van der Waals surface area contributed by atoms with Crippen LogP contribution in [0.1, 0.15) is 37.0 Å². The van der Waals surface area contributed by atoms with Gasteiger partial charge in [-0.1, -0.05) is 33.0 Å². The smallest absolute Gasteiger partial charge is 0.258 e. The van der Waals surface area contributed by atoms with Crippen molar-refractivity contribution in [2.24, 2.45) is 0 Å². The van der Waals surface area contributed by atoms with Crippen LogP contribution in [0, 0.1) is 4.64 Å². The topological polar surface area (TPSA) is 70.9 Å². The van der Waals surface area contributed by atoms with Gasteiger partial charge in [0.15, 0.2) is 5.58 Å². The maximum Gasteiger partial charge on any atom is 0.258 e. The number of benzene rings is 1. The van der Waals surface area contributed by atoms with Crippen LogP contribution in [0.2, 0.25) is 0 Å². The number of rotatable bonds is 2. The minimum absolute atomic E-state index is 0.167. The van der Waals surface area contributed by atoms with Crippen molar-refractivity contribution in [2.75, 3.05) is 5.32 Å². The number of anilines is 1. The lowest BCUT2D eigenvalue weighted by molar-refractivity contribution is 0.102. The van der Waals surface area contributed by atoms with Gasteiger partial charge >= 0.3 is 0 Å². The van der Waals surface area contributed by atoms with Gasteiger partial charge in [0.1, 0.15) is 10.2 Å². The van der Waals surface area contributed by atoms with E-state index < -0.39 is 0 Å². The predicted molar refractivity (Wildman–Crippen MR) is 92.3 cm³/mol. The largest absolute Gasteiger partial charge is 0.440 e. The number of carbonyl (C=O) groups excluding carboxylic acids is 1.